The lowest BCUT2D eigenvalue weighted by atomic mass is 10.0. The maximum atomic E-state index is 9.36. The highest BCUT2D eigenvalue weighted by Gasteiger charge is 2.13. The molecule has 0 radical (unpaired) electrons. The first-order valence-corrected chi connectivity index (χ1v) is 6.67. The van der Waals surface area contributed by atoms with Gasteiger partial charge >= 0.3 is 0 Å². The van der Waals surface area contributed by atoms with E-state index in [9.17, 15) is 5.11 Å². The Bertz CT molecular complexity index is 562. The van der Waals surface area contributed by atoms with Crippen molar-refractivity contribution in [2.45, 2.75) is 33.1 Å². The lowest BCUT2D eigenvalue weighted by Gasteiger charge is -2.12. The molecule has 1 N–H and O–H groups in total. The van der Waals surface area contributed by atoms with Crippen LogP contribution in [0.15, 0.2) is 30.5 Å². The van der Waals surface area contributed by atoms with E-state index in [1.165, 1.54) is 11.1 Å². The Morgan fingerprint density at radius 2 is 2.00 bits per heavy atom. The summed E-state index contributed by atoms with van der Waals surface area (Å²) >= 11 is 0. The SMILES string of the molecule is CCC(CO)c1nccc(-c2cc(C)ccc2C)n1. The molecule has 0 aliphatic carbocycles. The predicted molar refractivity (Wildman–Crippen MR) is 77.1 cm³/mol. The Balaban J connectivity index is 2.45. The predicted octanol–water partition coefficient (Wildman–Crippen LogP) is 3.25. The average molecular weight is 256 g/mol. The van der Waals surface area contributed by atoms with Crippen LogP contribution in [0, 0.1) is 13.8 Å². The summed E-state index contributed by atoms with van der Waals surface area (Å²) in [6.07, 6.45) is 2.62. The van der Waals surface area contributed by atoms with E-state index in [0.717, 1.165) is 23.5 Å². The quantitative estimate of drug-likeness (QED) is 0.913. The van der Waals surface area contributed by atoms with E-state index in [2.05, 4.69) is 42.0 Å². The summed E-state index contributed by atoms with van der Waals surface area (Å²) in [6, 6.07) is 8.27. The molecule has 3 heteroatoms. The maximum absolute atomic E-state index is 9.36. The van der Waals surface area contributed by atoms with Gasteiger partial charge in [0.25, 0.3) is 0 Å². The molecule has 0 fully saturated rings. The summed E-state index contributed by atoms with van der Waals surface area (Å²) in [7, 11) is 0. The van der Waals surface area contributed by atoms with E-state index in [-0.39, 0.29) is 12.5 Å². The molecule has 0 spiro atoms. The number of benzene rings is 1. The van der Waals surface area contributed by atoms with E-state index >= 15 is 0 Å². The van der Waals surface area contributed by atoms with Crippen molar-refractivity contribution in [3.05, 3.63) is 47.4 Å². The van der Waals surface area contributed by atoms with Crippen molar-refractivity contribution < 1.29 is 5.11 Å². The van der Waals surface area contributed by atoms with Crippen LogP contribution in [0.5, 0.6) is 0 Å². The highest BCUT2D eigenvalue weighted by atomic mass is 16.3. The molecule has 19 heavy (non-hydrogen) atoms. The molecule has 1 atom stereocenters. The van der Waals surface area contributed by atoms with E-state index in [4.69, 9.17) is 0 Å². The van der Waals surface area contributed by atoms with Crippen molar-refractivity contribution in [1.29, 1.82) is 0 Å². The second-order valence-electron chi connectivity index (χ2n) is 4.91. The van der Waals surface area contributed by atoms with Crippen LogP contribution in [0.25, 0.3) is 11.3 Å². The van der Waals surface area contributed by atoms with Gasteiger partial charge in [0.1, 0.15) is 5.82 Å². The average Bonchev–Trinajstić information content (AvgIpc) is 2.43. The van der Waals surface area contributed by atoms with E-state index in [1.807, 2.05) is 13.0 Å². The van der Waals surface area contributed by atoms with Crippen LogP contribution in [0.3, 0.4) is 0 Å². The van der Waals surface area contributed by atoms with Crippen LogP contribution in [0.4, 0.5) is 0 Å². The summed E-state index contributed by atoms with van der Waals surface area (Å²) in [6.45, 7) is 6.29. The van der Waals surface area contributed by atoms with Gasteiger partial charge in [0, 0.05) is 17.7 Å². The summed E-state index contributed by atoms with van der Waals surface area (Å²) in [5.41, 5.74) is 4.48. The second kappa shape index (κ2) is 5.93. The van der Waals surface area contributed by atoms with Gasteiger partial charge in [-0.25, -0.2) is 9.97 Å². The summed E-state index contributed by atoms with van der Waals surface area (Å²) in [5.74, 6) is 0.744. The minimum absolute atomic E-state index is 0.0186. The number of aliphatic hydroxyl groups is 1. The van der Waals surface area contributed by atoms with E-state index in [0.29, 0.717) is 0 Å². The molecule has 1 heterocycles. The molecule has 1 unspecified atom stereocenters. The van der Waals surface area contributed by atoms with Gasteiger partial charge in [-0.3, -0.25) is 0 Å². The Hall–Kier alpha value is -1.74. The van der Waals surface area contributed by atoms with E-state index in [1.54, 1.807) is 6.20 Å². The Kier molecular flexibility index (Phi) is 4.27. The number of nitrogens with zero attached hydrogens (tertiary/aromatic N) is 2. The third-order valence-electron chi connectivity index (χ3n) is 3.42. The van der Waals surface area contributed by atoms with Crippen molar-refractivity contribution in [1.82, 2.24) is 9.97 Å². The molecule has 0 amide bonds. The topological polar surface area (TPSA) is 46.0 Å². The summed E-state index contributed by atoms with van der Waals surface area (Å²) in [5, 5.41) is 9.36. The molecule has 0 bridgehead atoms. The van der Waals surface area contributed by atoms with Crippen molar-refractivity contribution in [3.8, 4) is 11.3 Å². The van der Waals surface area contributed by atoms with E-state index < -0.39 is 0 Å². The Morgan fingerprint density at radius 1 is 1.21 bits per heavy atom. The van der Waals surface area contributed by atoms with Crippen LogP contribution < -0.4 is 0 Å². The fourth-order valence-electron chi connectivity index (χ4n) is 2.13. The van der Waals surface area contributed by atoms with Crippen molar-refractivity contribution >= 4 is 0 Å². The maximum Gasteiger partial charge on any atom is 0.134 e. The number of hydrogen-bond donors (Lipinski definition) is 1. The van der Waals surface area contributed by atoms with Gasteiger partial charge < -0.3 is 5.11 Å². The van der Waals surface area contributed by atoms with Gasteiger partial charge in [-0.15, -0.1) is 0 Å². The van der Waals surface area contributed by atoms with Crippen molar-refractivity contribution in [2.75, 3.05) is 6.61 Å². The first-order valence-electron chi connectivity index (χ1n) is 6.67. The lowest BCUT2D eigenvalue weighted by molar-refractivity contribution is 0.257. The van der Waals surface area contributed by atoms with Gasteiger partial charge in [-0.1, -0.05) is 24.6 Å². The van der Waals surface area contributed by atoms with Gasteiger partial charge in [-0.2, -0.15) is 0 Å². The van der Waals surface area contributed by atoms with Gasteiger partial charge in [0.2, 0.25) is 0 Å². The normalized spacial score (nSPS) is 12.4. The molecule has 1 aromatic carbocycles. The first kappa shape index (κ1) is 13.7. The summed E-state index contributed by atoms with van der Waals surface area (Å²) < 4.78 is 0. The number of rotatable bonds is 4. The molecule has 3 nitrogen and oxygen atoms in total. The molecular weight excluding hydrogens is 236 g/mol. The molecule has 0 aliphatic rings. The minimum atomic E-state index is 0.0186. The number of aryl methyl sites for hydroxylation is 2. The molecule has 0 aliphatic heterocycles. The van der Waals surface area contributed by atoms with Crippen LogP contribution in [-0.2, 0) is 0 Å². The summed E-state index contributed by atoms with van der Waals surface area (Å²) in [4.78, 5) is 8.90. The lowest BCUT2D eigenvalue weighted by Crippen LogP contribution is -2.08. The van der Waals surface area contributed by atoms with Crippen molar-refractivity contribution in [3.63, 3.8) is 0 Å². The highest BCUT2D eigenvalue weighted by molar-refractivity contribution is 5.64. The van der Waals surface area contributed by atoms with Gasteiger partial charge in [0.15, 0.2) is 0 Å². The zero-order valence-electron chi connectivity index (χ0n) is 11.7. The Labute approximate surface area is 114 Å². The molecule has 2 rings (SSSR count). The molecule has 0 saturated heterocycles. The molecule has 0 saturated carbocycles. The fourth-order valence-corrected chi connectivity index (χ4v) is 2.13. The van der Waals surface area contributed by atoms with Gasteiger partial charge in [0.05, 0.1) is 12.3 Å². The Morgan fingerprint density at radius 3 is 2.68 bits per heavy atom. The molecular formula is C16H20N2O. The number of aliphatic hydroxyl groups excluding tert-OH is 1. The van der Waals surface area contributed by atoms with Crippen LogP contribution in [-0.4, -0.2) is 21.7 Å². The number of hydrogen-bond acceptors (Lipinski definition) is 3. The zero-order valence-corrected chi connectivity index (χ0v) is 11.7. The molecule has 1 aromatic heterocycles. The van der Waals surface area contributed by atoms with Crippen LogP contribution >= 0.6 is 0 Å². The molecule has 100 valence electrons. The van der Waals surface area contributed by atoms with Crippen LogP contribution in [0.1, 0.15) is 36.2 Å². The third-order valence-corrected chi connectivity index (χ3v) is 3.42. The first-order chi connectivity index (χ1) is 9.15. The molecule has 2 aromatic rings. The van der Waals surface area contributed by atoms with Gasteiger partial charge in [-0.05, 0) is 38.0 Å². The number of aromatic nitrogens is 2. The van der Waals surface area contributed by atoms with Crippen molar-refractivity contribution in [2.24, 2.45) is 0 Å². The largest absolute Gasteiger partial charge is 0.396 e. The highest BCUT2D eigenvalue weighted by Crippen LogP contribution is 2.24. The monoisotopic (exact) mass is 256 g/mol. The second-order valence-corrected chi connectivity index (χ2v) is 4.91. The fraction of sp³-hybridized carbons (Fsp3) is 0.375. The third kappa shape index (κ3) is 2.99. The minimum Gasteiger partial charge on any atom is -0.396 e. The standard InChI is InChI=1S/C16H20N2O/c1-4-13(10-19)16-17-8-7-15(18-16)14-9-11(2)5-6-12(14)3/h5-9,13,19H,4,10H2,1-3H3. The zero-order chi connectivity index (χ0) is 13.8. The van der Waals surface area contributed by atoms with Crippen LogP contribution in [0.2, 0.25) is 0 Å². The smallest absolute Gasteiger partial charge is 0.134 e.